The Balaban J connectivity index is 1.60. The molecular formula is C24H29N6O8P. The van der Waals surface area contributed by atoms with Crippen LogP contribution in [0.3, 0.4) is 0 Å². The summed E-state index contributed by atoms with van der Waals surface area (Å²) in [6.45, 7) is 3.38. The molecule has 5 N–H and O–H groups in total. The molecular weight excluding hydrogens is 531 g/mol. The van der Waals surface area contributed by atoms with E-state index < -0.39 is 56.4 Å². The third-order valence-electron chi connectivity index (χ3n) is 6.03. The van der Waals surface area contributed by atoms with E-state index in [1.54, 1.807) is 38.1 Å². The van der Waals surface area contributed by atoms with E-state index in [1.807, 2.05) is 6.07 Å². The maximum Gasteiger partial charge on any atom is 0.459 e. The number of nitrogens with zero attached hydrogens (tertiary/aromatic N) is 4. The molecule has 5 atom stereocenters. The van der Waals surface area contributed by atoms with Crippen LogP contribution in [-0.2, 0) is 29.0 Å². The summed E-state index contributed by atoms with van der Waals surface area (Å²) >= 11 is 0. The Morgan fingerprint density at radius 1 is 1.33 bits per heavy atom. The monoisotopic (exact) mass is 560 g/mol. The van der Waals surface area contributed by atoms with Crippen LogP contribution in [0.15, 0.2) is 48.8 Å². The van der Waals surface area contributed by atoms with Gasteiger partial charge in [-0.3, -0.25) is 9.32 Å². The van der Waals surface area contributed by atoms with Crippen molar-refractivity contribution in [3.8, 4) is 11.8 Å². The van der Waals surface area contributed by atoms with Gasteiger partial charge in [0.2, 0.25) is 5.60 Å². The number of nitrogen functional groups attached to an aromatic ring is 1. The van der Waals surface area contributed by atoms with Crippen molar-refractivity contribution in [2.75, 3.05) is 18.9 Å². The number of rotatable bonds is 10. The molecule has 0 radical (unpaired) electrons. The molecule has 1 aromatic carbocycles. The number of ether oxygens (including phenoxy) is 2. The first kappa shape index (κ1) is 28.4. The topological polar surface area (TPSA) is 204 Å². The van der Waals surface area contributed by atoms with Gasteiger partial charge in [-0.1, -0.05) is 18.2 Å². The highest BCUT2D eigenvalue weighted by Gasteiger charge is 2.61. The number of hydrogen-bond donors (Lipinski definition) is 4. The van der Waals surface area contributed by atoms with Gasteiger partial charge in [0.25, 0.3) is 0 Å². The Kier molecular flexibility index (Phi) is 7.94. The van der Waals surface area contributed by atoms with Gasteiger partial charge >= 0.3 is 13.7 Å². The zero-order chi connectivity index (χ0) is 28.4. The van der Waals surface area contributed by atoms with Crippen LogP contribution in [0, 0.1) is 11.3 Å². The summed E-state index contributed by atoms with van der Waals surface area (Å²) in [6, 6.07) is 11.7. The molecule has 0 saturated carbocycles. The third-order valence-corrected chi connectivity index (χ3v) is 7.66. The largest absolute Gasteiger partial charge is 0.462 e. The number of carbonyl (C=O) groups is 1. The number of carbonyl (C=O) groups excluding carboxylic acids is 1. The van der Waals surface area contributed by atoms with Crippen LogP contribution in [-0.4, -0.2) is 67.8 Å². The van der Waals surface area contributed by atoms with E-state index in [9.17, 15) is 24.8 Å². The number of hydrogen-bond acceptors (Lipinski definition) is 12. The van der Waals surface area contributed by atoms with Crippen LogP contribution in [0.5, 0.6) is 5.75 Å². The Labute approximate surface area is 223 Å². The summed E-state index contributed by atoms with van der Waals surface area (Å²) in [6.07, 6.45) is -1.14. The molecule has 2 aromatic heterocycles. The highest BCUT2D eigenvalue weighted by Crippen LogP contribution is 2.48. The summed E-state index contributed by atoms with van der Waals surface area (Å²) in [7, 11) is -4.39. The lowest BCUT2D eigenvalue weighted by molar-refractivity contribution is -0.149. The highest BCUT2D eigenvalue weighted by atomic mass is 31.2. The molecule has 1 fully saturated rings. The second-order valence-corrected chi connectivity index (χ2v) is 11.0. The van der Waals surface area contributed by atoms with Gasteiger partial charge in [0.1, 0.15) is 42.4 Å². The van der Waals surface area contributed by atoms with E-state index in [1.165, 1.54) is 36.0 Å². The van der Waals surface area contributed by atoms with Crippen LogP contribution in [0.2, 0.25) is 0 Å². The number of nitriles is 1. The number of aromatic nitrogens is 3. The van der Waals surface area contributed by atoms with Crippen LogP contribution >= 0.6 is 7.75 Å². The Bertz CT molecular complexity index is 1430. The number of aliphatic hydroxyl groups excluding tert-OH is 1. The average molecular weight is 561 g/mol. The number of esters is 1. The fourth-order valence-electron chi connectivity index (χ4n) is 4.04. The second-order valence-electron chi connectivity index (χ2n) is 9.29. The van der Waals surface area contributed by atoms with Gasteiger partial charge in [0, 0.05) is 0 Å². The number of fused-ring (bicyclic) bond motifs is 1. The van der Waals surface area contributed by atoms with E-state index in [4.69, 9.17) is 24.3 Å². The first-order valence-corrected chi connectivity index (χ1v) is 13.5. The molecule has 0 aliphatic carbocycles. The maximum atomic E-state index is 13.8. The van der Waals surface area contributed by atoms with Crippen LogP contribution < -0.4 is 15.3 Å². The van der Waals surface area contributed by atoms with Crippen molar-refractivity contribution >= 4 is 25.1 Å². The minimum Gasteiger partial charge on any atom is -0.462 e. The zero-order valence-corrected chi connectivity index (χ0v) is 22.3. The molecule has 0 bridgehead atoms. The van der Waals surface area contributed by atoms with E-state index in [-0.39, 0.29) is 17.3 Å². The quantitative estimate of drug-likeness (QED) is 0.204. The molecule has 1 aliphatic heterocycles. The molecule has 3 heterocycles. The van der Waals surface area contributed by atoms with Crippen molar-refractivity contribution in [2.24, 2.45) is 0 Å². The Morgan fingerprint density at radius 2 is 2.05 bits per heavy atom. The van der Waals surface area contributed by atoms with E-state index in [0.717, 1.165) is 0 Å². The van der Waals surface area contributed by atoms with Gasteiger partial charge in [0.15, 0.2) is 11.4 Å². The summed E-state index contributed by atoms with van der Waals surface area (Å²) in [5, 5.41) is 39.3. The third kappa shape index (κ3) is 5.60. The SMILES string of the molecule is CC(C)OC(=O)[C@H](C)NP(=O)(OC[C@@]1(C#N)OC[C@@](O)(c2ccc3c(N)ncnn23)[C@@H]1O)Oc1ccccc1. The number of anilines is 1. The van der Waals surface area contributed by atoms with E-state index in [2.05, 4.69) is 15.2 Å². The van der Waals surface area contributed by atoms with Crippen molar-refractivity contribution in [1.29, 1.82) is 5.26 Å². The number of benzene rings is 1. The van der Waals surface area contributed by atoms with Gasteiger partial charge in [0.05, 0.1) is 18.4 Å². The predicted octanol–water partition coefficient (Wildman–Crippen LogP) is 1.29. The lowest BCUT2D eigenvalue weighted by atomic mass is 9.86. The molecule has 1 aliphatic rings. The highest BCUT2D eigenvalue weighted by molar-refractivity contribution is 7.52. The summed E-state index contributed by atoms with van der Waals surface area (Å²) < 4.78 is 37.0. The second kappa shape index (κ2) is 10.9. The van der Waals surface area contributed by atoms with Gasteiger partial charge in [-0.25, -0.2) is 14.1 Å². The number of para-hydroxylation sites is 1. The van der Waals surface area contributed by atoms with Crippen molar-refractivity contribution in [2.45, 2.75) is 50.2 Å². The molecule has 4 rings (SSSR count). The minimum absolute atomic E-state index is 0.0862. The molecule has 39 heavy (non-hydrogen) atoms. The first-order valence-electron chi connectivity index (χ1n) is 11.9. The van der Waals surface area contributed by atoms with Crippen LogP contribution in [0.25, 0.3) is 5.52 Å². The summed E-state index contributed by atoms with van der Waals surface area (Å²) in [5.41, 5.74) is 2.01. The Hall–Kier alpha value is -3.57. The van der Waals surface area contributed by atoms with Crippen LogP contribution in [0.4, 0.5) is 5.82 Å². The van der Waals surface area contributed by atoms with Gasteiger partial charge in [-0.15, -0.1) is 0 Å². The summed E-state index contributed by atoms with van der Waals surface area (Å²) in [5.74, 6) is -0.434. The number of nitrogens with two attached hydrogens (primary N) is 1. The lowest BCUT2D eigenvalue weighted by Crippen LogP contribution is -2.51. The zero-order valence-electron chi connectivity index (χ0n) is 21.4. The normalized spacial score (nSPS) is 25.2. The first-order chi connectivity index (χ1) is 18.4. The van der Waals surface area contributed by atoms with E-state index >= 15 is 0 Å². The van der Waals surface area contributed by atoms with Crippen LogP contribution in [0.1, 0.15) is 26.5 Å². The fraction of sp³-hybridized carbons (Fsp3) is 0.417. The van der Waals surface area contributed by atoms with E-state index in [0.29, 0.717) is 5.52 Å². The van der Waals surface area contributed by atoms with Crippen molar-refractivity contribution < 1.29 is 38.1 Å². The van der Waals surface area contributed by atoms with Crippen molar-refractivity contribution in [3.05, 3.63) is 54.5 Å². The average Bonchev–Trinajstić information content (AvgIpc) is 3.45. The predicted molar refractivity (Wildman–Crippen MR) is 136 cm³/mol. The molecule has 0 spiro atoms. The van der Waals surface area contributed by atoms with Gasteiger partial charge in [-0.2, -0.15) is 15.4 Å². The molecule has 1 unspecified atom stereocenters. The van der Waals surface area contributed by atoms with Gasteiger partial charge < -0.3 is 29.9 Å². The molecule has 1 saturated heterocycles. The molecule has 208 valence electrons. The van der Waals surface area contributed by atoms with Crippen molar-refractivity contribution in [3.63, 3.8) is 0 Å². The van der Waals surface area contributed by atoms with Crippen molar-refractivity contribution in [1.82, 2.24) is 19.7 Å². The minimum atomic E-state index is -4.39. The number of aliphatic hydroxyl groups is 2. The smallest absolute Gasteiger partial charge is 0.459 e. The standard InChI is InChI=1S/C24H29N6O8P/c1-15(2)37-21(31)16(3)29-39(34,38-17-7-5-4-6-8-17)36-12-23(11-25)22(32)24(33,13-35-23)19-10-9-18-20(26)27-14-28-30(18)19/h4-10,14-16,22,32-33H,12-13H2,1-3H3,(H,29,34)(H2,26,27,28)/t16-,22+,23+,24+,39?/m0/s1. The summed E-state index contributed by atoms with van der Waals surface area (Å²) in [4.78, 5) is 16.3. The maximum absolute atomic E-state index is 13.8. The molecule has 3 aromatic rings. The molecule has 0 amide bonds. The lowest BCUT2D eigenvalue weighted by Gasteiger charge is -2.31. The Morgan fingerprint density at radius 3 is 2.72 bits per heavy atom. The molecule has 14 nitrogen and oxygen atoms in total. The fourth-order valence-corrected chi connectivity index (χ4v) is 5.56. The number of nitrogens with one attached hydrogen (secondary N) is 1. The molecule has 15 heteroatoms. The van der Waals surface area contributed by atoms with Gasteiger partial charge in [-0.05, 0) is 45.0 Å².